The summed E-state index contributed by atoms with van der Waals surface area (Å²) in [5.74, 6) is -0.166. The van der Waals surface area contributed by atoms with Gasteiger partial charge in [-0.15, -0.1) is 0 Å². The number of nitrogens with one attached hydrogen (secondary N) is 1. The van der Waals surface area contributed by atoms with Gasteiger partial charge in [-0.05, 0) is 60.7 Å². The molecule has 174 valence electrons. The van der Waals surface area contributed by atoms with Crippen molar-refractivity contribution in [3.63, 3.8) is 0 Å². The van der Waals surface area contributed by atoms with Crippen LogP contribution < -0.4 is 5.32 Å². The molecule has 2 aromatic rings. The van der Waals surface area contributed by atoms with Crippen LogP contribution in [0.15, 0.2) is 53.4 Å². The van der Waals surface area contributed by atoms with E-state index in [0.29, 0.717) is 30.3 Å². The van der Waals surface area contributed by atoms with E-state index in [0.717, 1.165) is 18.4 Å². The monoisotopic (exact) mass is 469 g/mol. The molecule has 2 aromatic carbocycles. The summed E-state index contributed by atoms with van der Waals surface area (Å²) in [6.45, 7) is 3.38. The Balaban J connectivity index is 1.37. The lowest BCUT2D eigenvalue weighted by Crippen LogP contribution is -2.37. The second kappa shape index (κ2) is 9.44. The zero-order chi connectivity index (χ0) is 23.6. The molecule has 2 fully saturated rings. The van der Waals surface area contributed by atoms with Crippen molar-refractivity contribution in [3.05, 3.63) is 59.7 Å². The number of benzene rings is 2. The van der Waals surface area contributed by atoms with Gasteiger partial charge in [0.1, 0.15) is 0 Å². The van der Waals surface area contributed by atoms with Crippen LogP contribution in [-0.4, -0.2) is 48.4 Å². The predicted molar refractivity (Wildman–Crippen MR) is 123 cm³/mol. The summed E-state index contributed by atoms with van der Waals surface area (Å²) in [7, 11) is -3.56. The number of anilines is 1. The maximum absolute atomic E-state index is 12.8. The van der Waals surface area contributed by atoms with E-state index in [1.54, 1.807) is 24.3 Å². The topological polar surface area (TPSA) is 104 Å². The summed E-state index contributed by atoms with van der Waals surface area (Å²) in [5, 5.41) is 2.78. The molecule has 1 N–H and O–H groups in total. The minimum absolute atomic E-state index is 0.169. The number of sulfonamides is 1. The van der Waals surface area contributed by atoms with Gasteiger partial charge in [-0.1, -0.05) is 19.1 Å². The van der Waals surface area contributed by atoms with Crippen molar-refractivity contribution < 1.29 is 22.8 Å². The van der Waals surface area contributed by atoms with Crippen LogP contribution in [0.2, 0.25) is 0 Å². The van der Waals surface area contributed by atoms with Gasteiger partial charge in [-0.25, -0.2) is 8.42 Å². The average Bonchev–Trinajstić information content (AvgIpc) is 3.12. The van der Waals surface area contributed by atoms with Gasteiger partial charge in [0.15, 0.2) is 0 Å². The summed E-state index contributed by atoms with van der Waals surface area (Å²) in [6, 6.07) is 12.9. The molecule has 0 aromatic heterocycles. The van der Waals surface area contributed by atoms with Crippen LogP contribution in [0.25, 0.3) is 0 Å². The van der Waals surface area contributed by atoms with Gasteiger partial charge in [0.05, 0.1) is 11.4 Å². The first-order valence-electron chi connectivity index (χ1n) is 11.1. The smallest absolute Gasteiger partial charge is 0.255 e. The number of imide groups is 1. The molecule has 2 heterocycles. The molecule has 33 heavy (non-hydrogen) atoms. The van der Waals surface area contributed by atoms with E-state index in [4.69, 9.17) is 0 Å². The molecule has 0 bridgehead atoms. The van der Waals surface area contributed by atoms with Gasteiger partial charge in [0, 0.05) is 37.2 Å². The molecule has 0 aliphatic carbocycles. The molecule has 2 aliphatic rings. The van der Waals surface area contributed by atoms with Crippen LogP contribution in [0.3, 0.4) is 0 Å². The fourth-order valence-electron chi connectivity index (χ4n) is 4.03. The van der Waals surface area contributed by atoms with E-state index in [1.165, 1.54) is 33.5 Å². The number of likely N-dealkylation sites (tertiary alicyclic amines) is 1. The Morgan fingerprint density at radius 2 is 1.52 bits per heavy atom. The maximum Gasteiger partial charge on any atom is 0.255 e. The average molecular weight is 470 g/mol. The minimum atomic E-state index is -3.56. The molecule has 8 nitrogen and oxygen atoms in total. The van der Waals surface area contributed by atoms with Crippen molar-refractivity contribution in [2.75, 3.05) is 18.4 Å². The van der Waals surface area contributed by atoms with Gasteiger partial charge in [0.25, 0.3) is 5.91 Å². The summed E-state index contributed by atoms with van der Waals surface area (Å²) < 4.78 is 27.2. The van der Waals surface area contributed by atoms with Crippen molar-refractivity contribution in [2.45, 2.75) is 44.0 Å². The highest BCUT2D eigenvalue weighted by Gasteiger charge is 2.29. The lowest BCUT2D eigenvalue weighted by Gasteiger charge is -2.29. The van der Waals surface area contributed by atoms with Gasteiger partial charge in [-0.3, -0.25) is 19.3 Å². The third-order valence-electron chi connectivity index (χ3n) is 6.20. The van der Waals surface area contributed by atoms with Crippen LogP contribution in [0.1, 0.15) is 48.5 Å². The highest BCUT2D eigenvalue weighted by atomic mass is 32.2. The normalized spacial score (nSPS) is 18.0. The quantitative estimate of drug-likeness (QED) is 0.655. The van der Waals surface area contributed by atoms with Crippen molar-refractivity contribution in [3.8, 4) is 0 Å². The molecule has 0 atom stereocenters. The SMILES string of the molecule is CC1CCN(S(=O)(=O)c2ccc(C(=O)Nc3ccc(CN4C(=O)CCC4=O)cc3)cc2)CC1. The Morgan fingerprint density at radius 1 is 0.939 bits per heavy atom. The third kappa shape index (κ3) is 5.15. The molecular weight excluding hydrogens is 442 g/mol. The number of amides is 3. The number of carbonyl (C=O) groups excluding carboxylic acids is 3. The molecule has 0 saturated carbocycles. The predicted octanol–water partition coefficient (Wildman–Crippen LogP) is 3.01. The van der Waals surface area contributed by atoms with Gasteiger partial charge < -0.3 is 5.32 Å². The summed E-state index contributed by atoms with van der Waals surface area (Å²) in [6.07, 6.45) is 2.21. The molecule has 4 rings (SSSR count). The number of piperidine rings is 1. The van der Waals surface area contributed by atoms with Crippen LogP contribution in [-0.2, 0) is 26.2 Å². The molecule has 0 unspecified atom stereocenters. The fraction of sp³-hybridized carbons (Fsp3) is 0.375. The first kappa shape index (κ1) is 23.1. The summed E-state index contributed by atoms with van der Waals surface area (Å²) in [5.41, 5.74) is 1.69. The number of hydrogen-bond donors (Lipinski definition) is 1. The minimum Gasteiger partial charge on any atom is -0.322 e. The zero-order valence-corrected chi connectivity index (χ0v) is 19.3. The second-order valence-electron chi connectivity index (χ2n) is 8.64. The van der Waals surface area contributed by atoms with E-state index < -0.39 is 10.0 Å². The first-order chi connectivity index (χ1) is 15.7. The van der Waals surface area contributed by atoms with E-state index >= 15 is 0 Å². The van der Waals surface area contributed by atoms with Gasteiger partial charge in [0.2, 0.25) is 21.8 Å². The molecule has 2 aliphatic heterocycles. The number of hydrogen-bond acceptors (Lipinski definition) is 5. The standard InChI is InChI=1S/C24H27N3O5S/c1-17-12-14-26(15-13-17)33(31,32)21-8-4-19(5-9-21)24(30)25-20-6-2-18(3-7-20)16-27-22(28)10-11-23(27)29/h2-9,17H,10-16H2,1H3,(H,25,30). The first-order valence-corrected chi connectivity index (χ1v) is 12.5. The van der Waals surface area contributed by atoms with E-state index in [-0.39, 0.29) is 42.0 Å². The third-order valence-corrected chi connectivity index (χ3v) is 8.12. The van der Waals surface area contributed by atoms with Crippen molar-refractivity contribution in [2.24, 2.45) is 5.92 Å². The number of carbonyl (C=O) groups is 3. The molecule has 0 radical (unpaired) electrons. The van der Waals surface area contributed by atoms with E-state index in [1.807, 2.05) is 0 Å². The van der Waals surface area contributed by atoms with Crippen LogP contribution in [0, 0.1) is 5.92 Å². The second-order valence-corrected chi connectivity index (χ2v) is 10.6. The Hall–Kier alpha value is -3.04. The van der Waals surface area contributed by atoms with Crippen molar-refractivity contribution >= 4 is 33.4 Å². The molecule has 2 saturated heterocycles. The number of nitrogens with zero attached hydrogens (tertiary/aromatic N) is 2. The van der Waals surface area contributed by atoms with Gasteiger partial charge >= 0.3 is 0 Å². The highest BCUT2D eigenvalue weighted by molar-refractivity contribution is 7.89. The van der Waals surface area contributed by atoms with Crippen molar-refractivity contribution in [1.29, 1.82) is 0 Å². The van der Waals surface area contributed by atoms with Crippen LogP contribution in [0.5, 0.6) is 0 Å². The molecule has 9 heteroatoms. The Kier molecular flexibility index (Phi) is 6.62. The fourth-order valence-corrected chi connectivity index (χ4v) is 5.50. The Labute approximate surface area is 193 Å². The Bertz CT molecular complexity index is 1140. The van der Waals surface area contributed by atoms with E-state index in [9.17, 15) is 22.8 Å². The zero-order valence-electron chi connectivity index (χ0n) is 18.5. The summed E-state index contributed by atoms with van der Waals surface area (Å²) in [4.78, 5) is 37.5. The lowest BCUT2D eigenvalue weighted by atomic mass is 10.0. The largest absolute Gasteiger partial charge is 0.322 e. The van der Waals surface area contributed by atoms with Crippen molar-refractivity contribution in [1.82, 2.24) is 9.21 Å². The lowest BCUT2D eigenvalue weighted by molar-refractivity contribution is -0.139. The van der Waals surface area contributed by atoms with Gasteiger partial charge in [-0.2, -0.15) is 4.31 Å². The highest BCUT2D eigenvalue weighted by Crippen LogP contribution is 2.24. The van der Waals surface area contributed by atoms with E-state index in [2.05, 4.69) is 12.2 Å². The Morgan fingerprint density at radius 3 is 2.09 bits per heavy atom. The molecule has 0 spiro atoms. The number of rotatable bonds is 6. The van der Waals surface area contributed by atoms with Crippen LogP contribution >= 0.6 is 0 Å². The van der Waals surface area contributed by atoms with Crippen LogP contribution in [0.4, 0.5) is 5.69 Å². The molecule has 3 amide bonds. The summed E-state index contributed by atoms with van der Waals surface area (Å²) >= 11 is 0. The molecular formula is C24H27N3O5S. The maximum atomic E-state index is 12.8.